The van der Waals surface area contributed by atoms with E-state index in [0.717, 1.165) is 0 Å². The molecule has 1 aromatic rings. The SMILES string of the molecule is Cc1c(C(=O)NCC(C(C)C)C(C)C)cccc1[N+](=O)[O-]. The van der Waals surface area contributed by atoms with Gasteiger partial charge < -0.3 is 5.32 Å². The van der Waals surface area contributed by atoms with Crippen molar-refractivity contribution in [2.75, 3.05) is 6.54 Å². The summed E-state index contributed by atoms with van der Waals surface area (Å²) in [5.41, 5.74) is 0.757. The first kappa shape index (κ1) is 17.1. The molecule has 0 radical (unpaired) electrons. The highest BCUT2D eigenvalue weighted by atomic mass is 16.6. The number of carbonyl (C=O) groups is 1. The Kier molecular flexibility index (Phi) is 5.88. The van der Waals surface area contributed by atoms with E-state index in [1.807, 2.05) is 0 Å². The number of nitrogens with one attached hydrogen (secondary N) is 1. The number of amides is 1. The number of carbonyl (C=O) groups excluding carboxylic acids is 1. The molecule has 0 bridgehead atoms. The highest BCUT2D eigenvalue weighted by molar-refractivity contribution is 5.96. The highest BCUT2D eigenvalue weighted by Gasteiger charge is 2.21. The van der Waals surface area contributed by atoms with Crippen LogP contribution < -0.4 is 5.32 Å². The highest BCUT2D eigenvalue weighted by Crippen LogP contribution is 2.22. The van der Waals surface area contributed by atoms with Crippen molar-refractivity contribution < 1.29 is 9.72 Å². The van der Waals surface area contributed by atoms with Crippen LogP contribution in [0.25, 0.3) is 0 Å². The minimum atomic E-state index is -0.461. The van der Waals surface area contributed by atoms with Gasteiger partial charge in [0.15, 0.2) is 0 Å². The van der Waals surface area contributed by atoms with Crippen LogP contribution in [0.2, 0.25) is 0 Å². The lowest BCUT2D eigenvalue weighted by atomic mass is 9.85. The van der Waals surface area contributed by atoms with Gasteiger partial charge in [0.1, 0.15) is 0 Å². The zero-order valence-electron chi connectivity index (χ0n) is 13.3. The molecule has 1 rings (SSSR count). The Labute approximate surface area is 125 Å². The molecule has 21 heavy (non-hydrogen) atoms. The minimum absolute atomic E-state index is 0.0214. The van der Waals surface area contributed by atoms with Crippen molar-refractivity contribution in [3.05, 3.63) is 39.4 Å². The van der Waals surface area contributed by atoms with E-state index in [-0.39, 0.29) is 11.6 Å². The Morgan fingerprint density at radius 3 is 2.29 bits per heavy atom. The monoisotopic (exact) mass is 292 g/mol. The van der Waals surface area contributed by atoms with Gasteiger partial charge in [0.25, 0.3) is 11.6 Å². The third kappa shape index (κ3) is 4.28. The summed E-state index contributed by atoms with van der Waals surface area (Å²) in [5, 5.41) is 13.8. The summed E-state index contributed by atoms with van der Waals surface area (Å²) in [4.78, 5) is 22.7. The molecule has 1 amide bonds. The lowest BCUT2D eigenvalue weighted by molar-refractivity contribution is -0.385. The maximum atomic E-state index is 12.3. The second kappa shape index (κ2) is 7.20. The van der Waals surface area contributed by atoms with Crippen LogP contribution in [0.5, 0.6) is 0 Å². The first-order valence-corrected chi connectivity index (χ1v) is 7.27. The van der Waals surface area contributed by atoms with Crippen molar-refractivity contribution in [3.8, 4) is 0 Å². The lowest BCUT2D eigenvalue weighted by Gasteiger charge is -2.25. The fourth-order valence-corrected chi connectivity index (χ4v) is 2.61. The van der Waals surface area contributed by atoms with Crippen LogP contribution in [0.15, 0.2) is 18.2 Å². The summed E-state index contributed by atoms with van der Waals surface area (Å²) in [6, 6.07) is 4.58. The molecule has 0 saturated carbocycles. The Morgan fingerprint density at radius 1 is 1.24 bits per heavy atom. The summed E-state index contributed by atoms with van der Waals surface area (Å²) in [6.07, 6.45) is 0. The van der Waals surface area contributed by atoms with Crippen LogP contribution in [0.4, 0.5) is 5.69 Å². The Hall–Kier alpha value is -1.91. The second-order valence-electron chi connectivity index (χ2n) is 6.07. The fourth-order valence-electron chi connectivity index (χ4n) is 2.61. The van der Waals surface area contributed by atoms with Gasteiger partial charge in [-0.1, -0.05) is 33.8 Å². The van der Waals surface area contributed by atoms with Crippen molar-refractivity contribution in [2.24, 2.45) is 17.8 Å². The number of rotatable bonds is 6. The van der Waals surface area contributed by atoms with Gasteiger partial charge >= 0.3 is 0 Å². The maximum absolute atomic E-state index is 12.3. The number of hydrogen-bond acceptors (Lipinski definition) is 3. The van der Waals surface area contributed by atoms with Crippen LogP contribution >= 0.6 is 0 Å². The molecule has 5 heteroatoms. The van der Waals surface area contributed by atoms with Crippen molar-refractivity contribution in [1.82, 2.24) is 5.32 Å². The average molecular weight is 292 g/mol. The van der Waals surface area contributed by atoms with E-state index in [9.17, 15) is 14.9 Å². The molecule has 0 unspecified atom stereocenters. The third-order valence-corrected chi connectivity index (χ3v) is 3.96. The molecule has 0 spiro atoms. The van der Waals surface area contributed by atoms with Gasteiger partial charge in [0.05, 0.1) is 4.92 Å². The molecule has 0 aliphatic heterocycles. The van der Waals surface area contributed by atoms with Gasteiger partial charge in [-0.15, -0.1) is 0 Å². The van der Waals surface area contributed by atoms with Gasteiger partial charge in [0.2, 0.25) is 0 Å². The smallest absolute Gasteiger partial charge is 0.273 e. The Morgan fingerprint density at radius 2 is 1.81 bits per heavy atom. The normalized spacial score (nSPS) is 11.2. The molecule has 5 nitrogen and oxygen atoms in total. The first-order valence-electron chi connectivity index (χ1n) is 7.27. The number of nitrogens with zero attached hydrogens (tertiary/aromatic N) is 1. The van der Waals surface area contributed by atoms with Gasteiger partial charge in [-0.3, -0.25) is 14.9 Å². The second-order valence-corrected chi connectivity index (χ2v) is 6.07. The van der Waals surface area contributed by atoms with Gasteiger partial charge in [-0.25, -0.2) is 0 Å². The van der Waals surface area contributed by atoms with Crippen molar-refractivity contribution in [2.45, 2.75) is 34.6 Å². The maximum Gasteiger partial charge on any atom is 0.273 e. The minimum Gasteiger partial charge on any atom is -0.352 e. The molecule has 0 atom stereocenters. The number of benzene rings is 1. The molecule has 1 N–H and O–H groups in total. The van der Waals surface area contributed by atoms with Crippen LogP contribution in [-0.4, -0.2) is 17.4 Å². The van der Waals surface area contributed by atoms with Crippen molar-refractivity contribution in [1.29, 1.82) is 0 Å². The van der Waals surface area contributed by atoms with Crippen LogP contribution in [0.3, 0.4) is 0 Å². The van der Waals surface area contributed by atoms with E-state index in [0.29, 0.717) is 35.4 Å². The summed E-state index contributed by atoms with van der Waals surface area (Å²) in [6.45, 7) is 10.7. The zero-order chi connectivity index (χ0) is 16.2. The summed E-state index contributed by atoms with van der Waals surface area (Å²) < 4.78 is 0. The predicted octanol–water partition coefficient (Wildman–Crippen LogP) is 3.56. The lowest BCUT2D eigenvalue weighted by Crippen LogP contribution is -2.34. The summed E-state index contributed by atoms with van der Waals surface area (Å²) >= 11 is 0. The molecule has 116 valence electrons. The summed E-state index contributed by atoms with van der Waals surface area (Å²) in [5.74, 6) is 1.07. The predicted molar refractivity (Wildman–Crippen MR) is 83.3 cm³/mol. The number of nitro benzene ring substituents is 1. The van der Waals surface area contributed by atoms with E-state index in [2.05, 4.69) is 33.0 Å². The molecular formula is C16H24N2O3. The Bertz CT molecular complexity index is 516. The fraction of sp³-hybridized carbons (Fsp3) is 0.562. The number of nitro groups is 1. The molecule has 1 aromatic carbocycles. The van der Waals surface area contributed by atoms with E-state index >= 15 is 0 Å². The molecule has 0 saturated heterocycles. The van der Waals surface area contributed by atoms with E-state index < -0.39 is 4.92 Å². The average Bonchev–Trinajstić information content (AvgIpc) is 2.37. The van der Waals surface area contributed by atoms with Gasteiger partial charge in [0, 0.05) is 23.7 Å². The van der Waals surface area contributed by atoms with Crippen molar-refractivity contribution >= 4 is 11.6 Å². The summed E-state index contributed by atoms with van der Waals surface area (Å²) in [7, 11) is 0. The van der Waals surface area contributed by atoms with Gasteiger partial charge in [-0.2, -0.15) is 0 Å². The first-order chi connectivity index (χ1) is 9.75. The topological polar surface area (TPSA) is 72.2 Å². The van der Waals surface area contributed by atoms with E-state index in [1.54, 1.807) is 19.1 Å². The molecule has 0 fully saturated rings. The number of hydrogen-bond donors (Lipinski definition) is 1. The molecular weight excluding hydrogens is 268 g/mol. The Balaban J connectivity index is 2.86. The zero-order valence-corrected chi connectivity index (χ0v) is 13.3. The molecule has 0 aromatic heterocycles. The van der Waals surface area contributed by atoms with Crippen molar-refractivity contribution in [3.63, 3.8) is 0 Å². The standard InChI is InChI=1S/C16H24N2O3/c1-10(2)14(11(3)4)9-17-16(19)13-7-6-8-15(12(13)5)18(20)21/h6-8,10-11,14H,9H2,1-5H3,(H,17,19). The van der Waals surface area contributed by atoms with E-state index in [4.69, 9.17) is 0 Å². The molecule has 0 aliphatic carbocycles. The van der Waals surface area contributed by atoms with Crippen LogP contribution in [-0.2, 0) is 0 Å². The quantitative estimate of drug-likeness (QED) is 0.643. The third-order valence-electron chi connectivity index (χ3n) is 3.96. The van der Waals surface area contributed by atoms with E-state index in [1.165, 1.54) is 6.07 Å². The molecule has 0 heterocycles. The van der Waals surface area contributed by atoms with Gasteiger partial charge in [-0.05, 0) is 30.7 Å². The van der Waals surface area contributed by atoms with Crippen LogP contribution in [0, 0.1) is 34.8 Å². The van der Waals surface area contributed by atoms with Crippen LogP contribution in [0.1, 0.15) is 43.6 Å². The molecule has 0 aliphatic rings. The largest absolute Gasteiger partial charge is 0.352 e.